The Hall–Kier alpha value is -4.79. The van der Waals surface area contributed by atoms with Crippen LogP contribution in [0.2, 0.25) is 0 Å². The average molecular weight is 449 g/mol. The van der Waals surface area contributed by atoms with E-state index in [1.54, 1.807) is 32.8 Å². The van der Waals surface area contributed by atoms with Crippen molar-refractivity contribution in [1.29, 1.82) is 0 Å². The van der Waals surface area contributed by atoms with Crippen molar-refractivity contribution in [3.63, 3.8) is 0 Å². The van der Waals surface area contributed by atoms with Gasteiger partial charge in [-0.05, 0) is 36.4 Å². The third-order valence-electron chi connectivity index (χ3n) is 5.62. The zero-order chi connectivity index (χ0) is 23.1. The van der Waals surface area contributed by atoms with E-state index in [-0.39, 0.29) is 0 Å². The molecule has 0 saturated carbocycles. The summed E-state index contributed by atoms with van der Waals surface area (Å²) in [6, 6.07) is 15.4. The van der Waals surface area contributed by atoms with Crippen LogP contribution < -0.4 is 9.47 Å². The highest BCUT2D eigenvalue weighted by Gasteiger charge is 2.17. The number of ether oxygens (including phenoxy) is 2. The molecule has 0 atom stereocenters. The second kappa shape index (κ2) is 7.96. The lowest BCUT2D eigenvalue weighted by Gasteiger charge is -2.04. The first-order valence-electron chi connectivity index (χ1n) is 10.6. The van der Waals surface area contributed by atoms with Gasteiger partial charge in [-0.2, -0.15) is 5.10 Å². The molecule has 166 valence electrons. The number of hydrogen-bond donors (Lipinski definition) is 2. The molecule has 0 bridgehead atoms. The molecule has 0 unspecified atom stereocenters. The summed E-state index contributed by atoms with van der Waals surface area (Å²) < 4.78 is 10.7. The largest absolute Gasteiger partial charge is 0.497 e. The SMILES string of the molecule is COc1cncc(-c2ccc3[nH]nc(-c4nc5c(-c6cccc(OC)c6)nccc5[nH]4)c3n2)c1. The van der Waals surface area contributed by atoms with Crippen molar-refractivity contribution in [3.8, 4) is 45.5 Å². The third-order valence-corrected chi connectivity index (χ3v) is 5.62. The number of imidazole rings is 1. The third kappa shape index (κ3) is 3.30. The number of pyridine rings is 3. The van der Waals surface area contributed by atoms with E-state index in [9.17, 15) is 0 Å². The summed E-state index contributed by atoms with van der Waals surface area (Å²) in [5.41, 5.74) is 7.02. The molecule has 2 N–H and O–H groups in total. The topological polar surface area (TPSA) is 114 Å². The van der Waals surface area contributed by atoms with Crippen LogP contribution in [0.25, 0.3) is 56.1 Å². The van der Waals surface area contributed by atoms with Gasteiger partial charge in [-0.1, -0.05) is 12.1 Å². The maximum absolute atomic E-state index is 5.37. The fraction of sp³-hybridized carbons (Fsp3) is 0.0800. The second-order valence-electron chi connectivity index (χ2n) is 7.65. The summed E-state index contributed by atoms with van der Waals surface area (Å²) in [5.74, 6) is 2.03. The summed E-state index contributed by atoms with van der Waals surface area (Å²) >= 11 is 0. The van der Waals surface area contributed by atoms with Crippen molar-refractivity contribution < 1.29 is 9.47 Å². The first-order chi connectivity index (χ1) is 16.7. The minimum absolute atomic E-state index is 0.604. The lowest BCUT2D eigenvalue weighted by molar-refractivity contribution is 0.413. The average Bonchev–Trinajstić information content (AvgIpc) is 3.52. The van der Waals surface area contributed by atoms with Gasteiger partial charge in [0, 0.05) is 23.5 Å². The quantitative estimate of drug-likeness (QED) is 0.394. The van der Waals surface area contributed by atoms with Crippen molar-refractivity contribution in [3.05, 3.63) is 67.1 Å². The van der Waals surface area contributed by atoms with Gasteiger partial charge < -0.3 is 14.5 Å². The van der Waals surface area contributed by atoms with Gasteiger partial charge in [-0.25, -0.2) is 9.97 Å². The second-order valence-corrected chi connectivity index (χ2v) is 7.65. The number of aromatic nitrogens is 7. The standard InChI is InChI=1S/C25H19N7O2/c1-33-16-5-3-4-14(10-16)21-22-19(8-9-27-21)29-25(30-22)24-23-20(31-32-24)7-6-18(28-23)15-11-17(34-2)13-26-12-15/h3-13H,1-2H3,(H,29,30)(H,31,32). The Bertz CT molecular complexity index is 1650. The van der Waals surface area contributed by atoms with E-state index in [4.69, 9.17) is 19.4 Å². The highest BCUT2D eigenvalue weighted by molar-refractivity contribution is 5.95. The van der Waals surface area contributed by atoms with E-state index < -0.39 is 0 Å². The first kappa shape index (κ1) is 19.9. The van der Waals surface area contributed by atoms with Gasteiger partial charge in [0.1, 0.15) is 22.5 Å². The van der Waals surface area contributed by atoms with Gasteiger partial charge in [-0.3, -0.25) is 15.1 Å². The fourth-order valence-corrected chi connectivity index (χ4v) is 3.92. The number of aromatic amines is 2. The molecule has 0 saturated heterocycles. The molecule has 9 heteroatoms. The lowest BCUT2D eigenvalue weighted by atomic mass is 10.1. The highest BCUT2D eigenvalue weighted by Crippen LogP contribution is 2.32. The van der Waals surface area contributed by atoms with Gasteiger partial charge in [-0.15, -0.1) is 0 Å². The van der Waals surface area contributed by atoms with Crippen LogP contribution in [0, 0.1) is 0 Å². The van der Waals surface area contributed by atoms with Crippen molar-refractivity contribution in [2.24, 2.45) is 0 Å². The molecule has 34 heavy (non-hydrogen) atoms. The monoisotopic (exact) mass is 449 g/mol. The number of nitrogens with zero attached hydrogens (tertiary/aromatic N) is 5. The maximum atomic E-state index is 5.37. The Kier molecular flexibility index (Phi) is 4.65. The molecule has 0 aliphatic heterocycles. The molecule has 0 amide bonds. The molecule has 0 spiro atoms. The summed E-state index contributed by atoms with van der Waals surface area (Å²) in [4.78, 5) is 21.9. The van der Waals surface area contributed by atoms with Crippen LogP contribution in [-0.4, -0.2) is 49.3 Å². The van der Waals surface area contributed by atoms with Crippen LogP contribution in [0.3, 0.4) is 0 Å². The Morgan fingerprint density at radius 3 is 2.50 bits per heavy atom. The van der Waals surface area contributed by atoms with E-state index >= 15 is 0 Å². The smallest absolute Gasteiger partial charge is 0.161 e. The number of methoxy groups -OCH3 is 2. The lowest BCUT2D eigenvalue weighted by Crippen LogP contribution is -1.90. The normalized spacial score (nSPS) is 11.2. The molecule has 0 fully saturated rings. The van der Waals surface area contributed by atoms with Gasteiger partial charge >= 0.3 is 0 Å². The summed E-state index contributed by atoms with van der Waals surface area (Å²) in [6.07, 6.45) is 5.17. The van der Waals surface area contributed by atoms with Crippen LogP contribution in [0.4, 0.5) is 0 Å². The molecule has 9 nitrogen and oxygen atoms in total. The molecule has 1 aromatic carbocycles. The molecule has 6 rings (SSSR count). The zero-order valence-electron chi connectivity index (χ0n) is 18.4. The summed E-state index contributed by atoms with van der Waals surface area (Å²) in [6.45, 7) is 0. The summed E-state index contributed by atoms with van der Waals surface area (Å²) in [7, 11) is 3.26. The molecule has 0 aliphatic carbocycles. The van der Waals surface area contributed by atoms with Crippen molar-refractivity contribution in [2.45, 2.75) is 0 Å². The van der Waals surface area contributed by atoms with Gasteiger partial charge in [0.2, 0.25) is 0 Å². The van der Waals surface area contributed by atoms with Crippen molar-refractivity contribution in [1.82, 2.24) is 35.1 Å². The highest BCUT2D eigenvalue weighted by atomic mass is 16.5. The maximum Gasteiger partial charge on any atom is 0.161 e. The van der Waals surface area contributed by atoms with Crippen LogP contribution >= 0.6 is 0 Å². The molecular weight excluding hydrogens is 430 g/mol. The number of nitrogens with one attached hydrogen (secondary N) is 2. The number of hydrogen-bond acceptors (Lipinski definition) is 7. The minimum Gasteiger partial charge on any atom is -0.497 e. The van der Waals surface area contributed by atoms with Gasteiger partial charge in [0.15, 0.2) is 11.5 Å². The first-order valence-corrected chi connectivity index (χ1v) is 10.6. The van der Waals surface area contributed by atoms with Crippen LogP contribution in [0.15, 0.2) is 67.1 Å². The number of H-pyrrole nitrogens is 2. The van der Waals surface area contributed by atoms with Crippen LogP contribution in [0.5, 0.6) is 11.5 Å². The van der Waals surface area contributed by atoms with Crippen molar-refractivity contribution in [2.75, 3.05) is 14.2 Å². The van der Waals surface area contributed by atoms with Gasteiger partial charge in [0.05, 0.1) is 42.8 Å². The van der Waals surface area contributed by atoms with Crippen LogP contribution in [-0.2, 0) is 0 Å². The van der Waals surface area contributed by atoms with E-state index in [2.05, 4.69) is 25.1 Å². The predicted molar refractivity (Wildman–Crippen MR) is 129 cm³/mol. The molecular formula is C25H19N7O2. The number of benzene rings is 1. The van der Waals surface area contributed by atoms with Gasteiger partial charge in [0.25, 0.3) is 0 Å². The molecule has 5 heterocycles. The predicted octanol–water partition coefficient (Wildman–Crippen LogP) is 4.64. The Morgan fingerprint density at radius 1 is 0.765 bits per heavy atom. The van der Waals surface area contributed by atoms with E-state index in [0.29, 0.717) is 22.8 Å². The molecule has 5 aromatic heterocycles. The Labute approximate surface area is 193 Å². The fourth-order valence-electron chi connectivity index (χ4n) is 3.92. The van der Waals surface area contributed by atoms with Crippen LogP contribution in [0.1, 0.15) is 0 Å². The van der Waals surface area contributed by atoms with Crippen molar-refractivity contribution >= 4 is 22.1 Å². The molecule has 6 aromatic rings. The Morgan fingerprint density at radius 2 is 1.62 bits per heavy atom. The molecule has 0 radical (unpaired) electrons. The molecule has 0 aliphatic rings. The van der Waals surface area contributed by atoms with E-state index in [1.807, 2.05) is 48.5 Å². The Balaban J connectivity index is 1.48. The minimum atomic E-state index is 0.604. The zero-order valence-corrected chi connectivity index (χ0v) is 18.4. The summed E-state index contributed by atoms with van der Waals surface area (Å²) in [5, 5.41) is 7.55. The van der Waals surface area contributed by atoms with E-state index in [0.717, 1.165) is 44.8 Å². The number of fused-ring (bicyclic) bond motifs is 2. The van der Waals surface area contributed by atoms with E-state index in [1.165, 1.54) is 0 Å². The number of rotatable bonds is 5.